The van der Waals surface area contributed by atoms with Crippen molar-refractivity contribution in [3.8, 4) is 0 Å². The third-order valence-electron chi connectivity index (χ3n) is 3.43. The first-order valence-electron chi connectivity index (χ1n) is 8.11. The van der Waals surface area contributed by atoms with Crippen LogP contribution in [-0.2, 0) is 11.2 Å². The highest BCUT2D eigenvalue weighted by Gasteiger charge is 2.04. The van der Waals surface area contributed by atoms with Gasteiger partial charge in [0.1, 0.15) is 0 Å². The average molecular weight is 392 g/mol. The minimum absolute atomic E-state index is 0. The molecule has 0 aliphatic heterocycles. The molecule has 0 unspecified atom stereocenters. The van der Waals surface area contributed by atoms with E-state index in [0.29, 0.717) is 6.42 Å². The summed E-state index contributed by atoms with van der Waals surface area (Å²) in [4.78, 5) is 16.3. The monoisotopic (exact) mass is 391 g/mol. The fourth-order valence-corrected chi connectivity index (χ4v) is 3.28. The lowest BCUT2D eigenvalue weighted by atomic mass is 10.2. The van der Waals surface area contributed by atoms with Crippen LogP contribution in [0.25, 0.3) is 10.2 Å². The van der Waals surface area contributed by atoms with Crippen molar-refractivity contribution in [1.82, 2.24) is 15.6 Å². The summed E-state index contributed by atoms with van der Waals surface area (Å²) in [6.45, 7) is 4.72. The summed E-state index contributed by atoms with van der Waals surface area (Å²) in [6.07, 6.45) is 4.63. The van der Waals surface area contributed by atoms with Crippen LogP contribution in [0, 0.1) is 0 Å². The lowest BCUT2D eigenvalue weighted by Gasteiger charge is -2.05. The number of aromatic nitrogens is 1. The number of aryl methyl sites for hydroxylation is 1. The summed E-state index contributed by atoms with van der Waals surface area (Å²) in [5.41, 5.74) is 1.08. The molecular formula is C17H27Cl2N3OS. The molecule has 0 fully saturated rings. The average Bonchev–Trinajstić information content (AvgIpc) is 2.94. The standard InChI is InChI=1S/C17H25N3OS.2ClH/c1-2-11-18-12-13-19-16(21)9-5-6-10-17-20-14-7-3-4-8-15(14)22-17;;/h3-4,7-8,18H,2,5-6,9-13H2,1H3,(H,19,21);2*1H. The number of nitrogens with one attached hydrogen (secondary N) is 2. The molecule has 2 aromatic rings. The van der Waals surface area contributed by atoms with Gasteiger partial charge >= 0.3 is 0 Å². The van der Waals surface area contributed by atoms with Gasteiger partial charge in [-0.05, 0) is 44.4 Å². The molecule has 1 amide bonds. The van der Waals surface area contributed by atoms with Crippen molar-refractivity contribution in [2.45, 2.75) is 39.0 Å². The van der Waals surface area contributed by atoms with Crippen LogP contribution in [0.5, 0.6) is 0 Å². The fourth-order valence-electron chi connectivity index (χ4n) is 2.27. The summed E-state index contributed by atoms with van der Waals surface area (Å²) in [5.74, 6) is 0.155. The molecule has 1 heterocycles. The van der Waals surface area contributed by atoms with Crippen LogP contribution in [0.2, 0.25) is 0 Å². The van der Waals surface area contributed by atoms with Gasteiger partial charge in [-0.15, -0.1) is 36.2 Å². The molecular weight excluding hydrogens is 365 g/mol. The van der Waals surface area contributed by atoms with Crippen LogP contribution < -0.4 is 10.6 Å². The van der Waals surface area contributed by atoms with Crippen molar-refractivity contribution >= 4 is 52.3 Å². The normalized spacial score (nSPS) is 10.0. The highest BCUT2D eigenvalue weighted by atomic mass is 35.5. The van der Waals surface area contributed by atoms with Gasteiger partial charge in [-0.2, -0.15) is 0 Å². The summed E-state index contributed by atoms with van der Waals surface area (Å²) in [7, 11) is 0. The van der Waals surface area contributed by atoms with Crippen LogP contribution in [0.4, 0.5) is 0 Å². The second kappa shape index (κ2) is 13.4. The number of fused-ring (bicyclic) bond motifs is 1. The Morgan fingerprint density at radius 2 is 1.92 bits per heavy atom. The number of hydrogen-bond acceptors (Lipinski definition) is 4. The Kier molecular flexibility index (Phi) is 12.9. The summed E-state index contributed by atoms with van der Waals surface area (Å²) in [5, 5.41) is 7.39. The van der Waals surface area contributed by atoms with Gasteiger partial charge in [0, 0.05) is 19.5 Å². The summed E-state index contributed by atoms with van der Waals surface area (Å²) in [6, 6.07) is 8.22. The van der Waals surface area contributed by atoms with E-state index in [4.69, 9.17) is 0 Å². The second-order valence-corrected chi connectivity index (χ2v) is 6.50. The number of rotatable bonds is 10. The summed E-state index contributed by atoms with van der Waals surface area (Å²) >= 11 is 1.76. The molecule has 0 saturated heterocycles. The number of halogens is 2. The highest BCUT2D eigenvalue weighted by molar-refractivity contribution is 7.18. The van der Waals surface area contributed by atoms with Crippen molar-refractivity contribution in [3.05, 3.63) is 29.3 Å². The molecule has 0 radical (unpaired) electrons. The smallest absolute Gasteiger partial charge is 0.220 e. The molecule has 0 aliphatic rings. The van der Waals surface area contributed by atoms with Gasteiger partial charge in [0.05, 0.1) is 15.2 Å². The molecule has 136 valence electrons. The third kappa shape index (κ3) is 8.29. The minimum atomic E-state index is 0. The Morgan fingerprint density at radius 1 is 1.12 bits per heavy atom. The molecule has 7 heteroatoms. The molecule has 0 aliphatic carbocycles. The van der Waals surface area contributed by atoms with Gasteiger partial charge in [-0.25, -0.2) is 4.98 Å². The number of nitrogens with zero attached hydrogens (tertiary/aromatic N) is 1. The van der Waals surface area contributed by atoms with Gasteiger partial charge < -0.3 is 10.6 Å². The lowest BCUT2D eigenvalue weighted by molar-refractivity contribution is -0.121. The Morgan fingerprint density at radius 3 is 2.67 bits per heavy atom. The Balaban J connectivity index is 0.00000264. The number of unbranched alkanes of at least 4 members (excludes halogenated alkanes) is 1. The van der Waals surface area contributed by atoms with E-state index in [2.05, 4.69) is 34.7 Å². The molecule has 0 spiro atoms. The molecule has 2 N–H and O–H groups in total. The van der Waals surface area contributed by atoms with Gasteiger partial charge in [0.2, 0.25) is 5.91 Å². The van der Waals surface area contributed by atoms with Crippen molar-refractivity contribution in [3.63, 3.8) is 0 Å². The number of hydrogen-bond donors (Lipinski definition) is 2. The molecule has 24 heavy (non-hydrogen) atoms. The quantitative estimate of drug-likeness (QED) is 0.602. The van der Waals surface area contributed by atoms with E-state index < -0.39 is 0 Å². The van der Waals surface area contributed by atoms with Crippen LogP contribution >= 0.6 is 36.2 Å². The van der Waals surface area contributed by atoms with E-state index in [0.717, 1.165) is 50.8 Å². The van der Waals surface area contributed by atoms with Crippen molar-refractivity contribution in [1.29, 1.82) is 0 Å². The molecule has 4 nitrogen and oxygen atoms in total. The van der Waals surface area contributed by atoms with Crippen molar-refractivity contribution in [2.75, 3.05) is 19.6 Å². The summed E-state index contributed by atoms with van der Waals surface area (Å²) < 4.78 is 1.25. The van der Waals surface area contributed by atoms with Crippen molar-refractivity contribution < 1.29 is 4.79 Å². The van der Waals surface area contributed by atoms with Crippen LogP contribution in [-0.4, -0.2) is 30.5 Å². The zero-order valence-corrected chi connectivity index (χ0v) is 16.5. The van der Waals surface area contributed by atoms with Gasteiger partial charge in [-0.3, -0.25) is 4.79 Å². The van der Waals surface area contributed by atoms with Gasteiger partial charge in [0.15, 0.2) is 0 Å². The van der Waals surface area contributed by atoms with E-state index in [9.17, 15) is 4.79 Å². The SMILES string of the molecule is CCCNCCNC(=O)CCCCc1nc2ccccc2s1.Cl.Cl. The molecule has 0 saturated carbocycles. The Labute approximate surface area is 160 Å². The van der Waals surface area contributed by atoms with E-state index in [-0.39, 0.29) is 30.7 Å². The highest BCUT2D eigenvalue weighted by Crippen LogP contribution is 2.22. The predicted molar refractivity (Wildman–Crippen MR) is 108 cm³/mol. The number of para-hydroxylation sites is 1. The predicted octanol–water partition coefficient (Wildman–Crippen LogP) is 3.97. The third-order valence-corrected chi connectivity index (χ3v) is 4.53. The van der Waals surface area contributed by atoms with Crippen LogP contribution in [0.15, 0.2) is 24.3 Å². The number of benzene rings is 1. The minimum Gasteiger partial charge on any atom is -0.355 e. The van der Waals surface area contributed by atoms with Gasteiger partial charge in [0.25, 0.3) is 0 Å². The zero-order chi connectivity index (χ0) is 15.6. The lowest BCUT2D eigenvalue weighted by Crippen LogP contribution is -2.31. The number of carbonyl (C=O) groups excluding carboxylic acids is 1. The van der Waals surface area contributed by atoms with E-state index in [1.807, 2.05) is 12.1 Å². The van der Waals surface area contributed by atoms with Gasteiger partial charge in [-0.1, -0.05) is 19.1 Å². The fraction of sp³-hybridized carbons (Fsp3) is 0.529. The van der Waals surface area contributed by atoms with Crippen molar-refractivity contribution in [2.24, 2.45) is 0 Å². The zero-order valence-electron chi connectivity index (χ0n) is 14.0. The first-order chi connectivity index (χ1) is 10.8. The maximum absolute atomic E-state index is 11.7. The topological polar surface area (TPSA) is 54.0 Å². The molecule has 1 aromatic heterocycles. The number of amides is 1. The van der Waals surface area contributed by atoms with Crippen LogP contribution in [0.3, 0.4) is 0 Å². The Bertz CT molecular complexity index is 559. The second-order valence-electron chi connectivity index (χ2n) is 5.38. The van der Waals surface area contributed by atoms with E-state index in [1.165, 1.54) is 9.71 Å². The molecule has 1 aromatic carbocycles. The maximum Gasteiger partial charge on any atom is 0.220 e. The first kappa shape index (κ1) is 23.1. The van der Waals surface area contributed by atoms with Crippen LogP contribution in [0.1, 0.15) is 37.6 Å². The number of thiazole rings is 1. The largest absolute Gasteiger partial charge is 0.355 e. The molecule has 2 rings (SSSR count). The maximum atomic E-state index is 11.7. The number of carbonyl (C=O) groups is 1. The van der Waals surface area contributed by atoms with E-state index >= 15 is 0 Å². The molecule has 0 atom stereocenters. The molecule has 0 bridgehead atoms. The van der Waals surface area contributed by atoms with E-state index in [1.54, 1.807) is 11.3 Å². The Hall–Kier alpha value is -0.880. The first-order valence-corrected chi connectivity index (χ1v) is 8.93.